The van der Waals surface area contributed by atoms with Crippen LogP contribution in [0, 0.1) is 6.92 Å². The molecule has 0 unspecified atom stereocenters. The van der Waals surface area contributed by atoms with Crippen molar-refractivity contribution in [3.63, 3.8) is 0 Å². The van der Waals surface area contributed by atoms with E-state index in [1.807, 2.05) is 25.1 Å². The lowest BCUT2D eigenvalue weighted by molar-refractivity contribution is -0.156. The van der Waals surface area contributed by atoms with Crippen molar-refractivity contribution in [1.29, 1.82) is 0 Å². The van der Waals surface area contributed by atoms with Crippen molar-refractivity contribution in [2.75, 3.05) is 6.61 Å². The monoisotopic (exact) mass is 347 g/mol. The molecule has 0 bridgehead atoms. The molecule has 5 nitrogen and oxygen atoms in total. The number of ether oxygens (including phenoxy) is 2. The first-order valence-corrected chi connectivity index (χ1v) is 9.10. The predicted molar refractivity (Wildman–Crippen MR) is 96.7 cm³/mol. The van der Waals surface area contributed by atoms with Crippen LogP contribution in [-0.4, -0.2) is 30.6 Å². The molecule has 1 aromatic rings. The van der Waals surface area contributed by atoms with E-state index in [9.17, 15) is 9.59 Å². The van der Waals surface area contributed by atoms with Crippen LogP contribution >= 0.6 is 0 Å². The van der Waals surface area contributed by atoms with Crippen LogP contribution in [0.4, 0.5) is 0 Å². The number of hydrogen-bond donors (Lipinski definition) is 1. The van der Waals surface area contributed by atoms with Gasteiger partial charge in [-0.05, 0) is 55.9 Å². The van der Waals surface area contributed by atoms with Gasteiger partial charge in [0.2, 0.25) is 0 Å². The summed E-state index contributed by atoms with van der Waals surface area (Å²) in [4.78, 5) is 23.9. The minimum Gasteiger partial charge on any atom is -0.482 e. The summed E-state index contributed by atoms with van der Waals surface area (Å²) in [7, 11) is 0. The van der Waals surface area contributed by atoms with Crippen molar-refractivity contribution < 1.29 is 19.1 Å². The average molecular weight is 347 g/mol. The van der Waals surface area contributed by atoms with Crippen LogP contribution < -0.4 is 10.1 Å². The van der Waals surface area contributed by atoms with Crippen molar-refractivity contribution >= 4 is 11.9 Å². The van der Waals surface area contributed by atoms with Gasteiger partial charge in [0.15, 0.2) is 12.7 Å². The van der Waals surface area contributed by atoms with E-state index in [4.69, 9.17) is 9.47 Å². The molecule has 1 aliphatic rings. The largest absolute Gasteiger partial charge is 0.482 e. The molecule has 138 valence electrons. The van der Waals surface area contributed by atoms with Crippen LogP contribution in [0.3, 0.4) is 0 Å². The van der Waals surface area contributed by atoms with Gasteiger partial charge in [-0.2, -0.15) is 0 Å². The van der Waals surface area contributed by atoms with Crippen molar-refractivity contribution in [3.8, 4) is 5.75 Å². The maximum Gasteiger partial charge on any atom is 0.344 e. The molecule has 0 radical (unpaired) electrons. The Bertz CT molecular complexity index is 606. The Morgan fingerprint density at radius 2 is 1.88 bits per heavy atom. The standard InChI is InChI=1S/C20H29NO4/c1-13(2)18-10-9-17(11-14(18)3)24-12-19(22)25-15(4)20(23)21-16-7-5-6-8-16/h9-11,13,15-16H,5-8,12H2,1-4H3,(H,21,23)/t15-/m1/s1. The molecule has 1 atom stereocenters. The average Bonchev–Trinajstić information content (AvgIpc) is 3.05. The minimum atomic E-state index is -0.804. The van der Waals surface area contributed by atoms with Crippen molar-refractivity contribution in [3.05, 3.63) is 29.3 Å². The Morgan fingerprint density at radius 1 is 1.20 bits per heavy atom. The summed E-state index contributed by atoms with van der Waals surface area (Å²) in [6, 6.07) is 6.00. The lowest BCUT2D eigenvalue weighted by atomic mass is 9.98. The van der Waals surface area contributed by atoms with Gasteiger partial charge in [-0.15, -0.1) is 0 Å². The number of esters is 1. The zero-order valence-electron chi connectivity index (χ0n) is 15.6. The van der Waals surface area contributed by atoms with Crippen LogP contribution in [0.5, 0.6) is 5.75 Å². The highest BCUT2D eigenvalue weighted by molar-refractivity contribution is 5.83. The number of carbonyl (C=O) groups is 2. The molecule has 0 heterocycles. The molecule has 1 fully saturated rings. The van der Waals surface area contributed by atoms with Crippen molar-refractivity contribution in [2.45, 2.75) is 71.4 Å². The third-order valence-corrected chi connectivity index (χ3v) is 4.60. The zero-order valence-corrected chi connectivity index (χ0v) is 15.6. The van der Waals surface area contributed by atoms with Crippen LogP contribution in [0.1, 0.15) is 63.5 Å². The molecule has 1 aliphatic carbocycles. The molecule has 1 N–H and O–H groups in total. The first kappa shape index (κ1) is 19.3. The quantitative estimate of drug-likeness (QED) is 0.767. The van der Waals surface area contributed by atoms with E-state index >= 15 is 0 Å². The Balaban J connectivity index is 1.77. The summed E-state index contributed by atoms with van der Waals surface area (Å²) in [6.07, 6.45) is 3.48. The summed E-state index contributed by atoms with van der Waals surface area (Å²) >= 11 is 0. The topological polar surface area (TPSA) is 64.6 Å². The summed E-state index contributed by atoms with van der Waals surface area (Å²) in [5.74, 6) is 0.289. The lowest BCUT2D eigenvalue weighted by Crippen LogP contribution is -2.41. The highest BCUT2D eigenvalue weighted by Crippen LogP contribution is 2.23. The second kappa shape index (κ2) is 8.88. The number of nitrogens with one attached hydrogen (secondary N) is 1. The number of aryl methyl sites for hydroxylation is 1. The van der Waals surface area contributed by atoms with Gasteiger partial charge in [0.25, 0.3) is 5.91 Å². The molecule has 0 saturated heterocycles. The maximum absolute atomic E-state index is 12.0. The van der Waals surface area contributed by atoms with E-state index in [0.29, 0.717) is 11.7 Å². The molecule has 5 heteroatoms. The van der Waals surface area contributed by atoms with Gasteiger partial charge < -0.3 is 14.8 Å². The smallest absolute Gasteiger partial charge is 0.344 e. The van der Waals surface area contributed by atoms with Gasteiger partial charge in [0, 0.05) is 6.04 Å². The Kier molecular flexibility index (Phi) is 6.85. The van der Waals surface area contributed by atoms with Gasteiger partial charge in [0.1, 0.15) is 5.75 Å². The highest BCUT2D eigenvalue weighted by Gasteiger charge is 2.23. The van der Waals surface area contributed by atoms with Gasteiger partial charge in [-0.3, -0.25) is 4.79 Å². The van der Waals surface area contributed by atoms with Crippen LogP contribution in [-0.2, 0) is 14.3 Å². The molecule has 1 aromatic carbocycles. The fourth-order valence-corrected chi connectivity index (χ4v) is 3.20. The third kappa shape index (κ3) is 5.76. The number of benzene rings is 1. The Hall–Kier alpha value is -2.04. The normalized spacial score (nSPS) is 15.9. The van der Waals surface area contributed by atoms with E-state index < -0.39 is 12.1 Å². The predicted octanol–water partition coefficient (Wildman–Crippen LogP) is 3.49. The van der Waals surface area contributed by atoms with E-state index in [0.717, 1.165) is 31.2 Å². The first-order valence-electron chi connectivity index (χ1n) is 9.10. The fourth-order valence-electron chi connectivity index (χ4n) is 3.20. The molecular formula is C20H29NO4. The van der Waals surface area contributed by atoms with Crippen molar-refractivity contribution in [2.24, 2.45) is 0 Å². The van der Waals surface area contributed by atoms with Crippen LogP contribution in [0.25, 0.3) is 0 Å². The summed E-state index contributed by atoms with van der Waals surface area (Å²) in [5.41, 5.74) is 2.39. The van der Waals surface area contributed by atoms with Crippen LogP contribution in [0.15, 0.2) is 18.2 Å². The number of rotatable bonds is 7. The molecule has 25 heavy (non-hydrogen) atoms. The SMILES string of the molecule is Cc1cc(OCC(=O)O[C@H](C)C(=O)NC2CCCC2)ccc1C(C)C. The van der Waals surface area contributed by atoms with Gasteiger partial charge in [-0.25, -0.2) is 4.79 Å². The molecule has 2 rings (SSSR count). The van der Waals surface area contributed by atoms with E-state index in [2.05, 4.69) is 19.2 Å². The molecule has 0 aromatic heterocycles. The number of carbonyl (C=O) groups excluding carboxylic acids is 2. The second-order valence-corrected chi connectivity index (χ2v) is 7.08. The minimum absolute atomic E-state index is 0.207. The fraction of sp³-hybridized carbons (Fsp3) is 0.600. The van der Waals surface area contributed by atoms with Gasteiger partial charge in [0.05, 0.1) is 0 Å². The zero-order chi connectivity index (χ0) is 18.4. The van der Waals surface area contributed by atoms with Gasteiger partial charge >= 0.3 is 5.97 Å². The lowest BCUT2D eigenvalue weighted by Gasteiger charge is -2.17. The van der Waals surface area contributed by atoms with E-state index in [1.165, 1.54) is 5.56 Å². The van der Waals surface area contributed by atoms with E-state index in [1.54, 1.807) is 6.92 Å². The molecular weight excluding hydrogens is 318 g/mol. The molecule has 0 aliphatic heterocycles. The number of hydrogen-bond acceptors (Lipinski definition) is 4. The maximum atomic E-state index is 12.0. The summed E-state index contributed by atoms with van der Waals surface area (Å²) < 4.78 is 10.7. The summed E-state index contributed by atoms with van der Waals surface area (Å²) in [6.45, 7) is 7.68. The van der Waals surface area contributed by atoms with Crippen molar-refractivity contribution in [1.82, 2.24) is 5.32 Å². The Labute approximate surface area is 150 Å². The molecule has 1 saturated carbocycles. The van der Waals surface area contributed by atoms with Crippen LogP contribution in [0.2, 0.25) is 0 Å². The third-order valence-electron chi connectivity index (χ3n) is 4.60. The molecule has 0 spiro atoms. The first-order chi connectivity index (χ1) is 11.9. The van der Waals surface area contributed by atoms with E-state index in [-0.39, 0.29) is 18.6 Å². The second-order valence-electron chi connectivity index (χ2n) is 7.08. The van der Waals surface area contributed by atoms with Gasteiger partial charge in [-0.1, -0.05) is 32.8 Å². The Morgan fingerprint density at radius 3 is 2.48 bits per heavy atom. The summed E-state index contributed by atoms with van der Waals surface area (Å²) in [5, 5.41) is 2.93. The highest BCUT2D eigenvalue weighted by atomic mass is 16.6. The molecule has 1 amide bonds. The number of amides is 1.